The highest BCUT2D eigenvalue weighted by atomic mass is 35.5. The van der Waals surface area contributed by atoms with Crippen LogP contribution in [0.4, 0.5) is 0 Å². The average Bonchev–Trinajstić information content (AvgIpc) is 2.87. The van der Waals surface area contributed by atoms with Crippen LogP contribution in [0.15, 0.2) is 12.1 Å². The quantitative estimate of drug-likeness (QED) is 0.927. The fourth-order valence-electron chi connectivity index (χ4n) is 3.15. The Kier molecular flexibility index (Phi) is 4.26. The lowest BCUT2D eigenvalue weighted by Gasteiger charge is -2.40. The van der Waals surface area contributed by atoms with Gasteiger partial charge in [0.05, 0.1) is 17.2 Å². The van der Waals surface area contributed by atoms with Gasteiger partial charge in [-0.15, -0.1) is 0 Å². The van der Waals surface area contributed by atoms with Crippen LogP contribution in [0.25, 0.3) is 0 Å². The second kappa shape index (κ2) is 6.01. The molecule has 0 amide bonds. The molecule has 2 aliphatic heterocycles. The lowest BCUT2D eigenvalue weighted by Crippen LogP contribution is -2.48. The van der Waals surface area contributed by atoms with Crippen LogP contribution >= 0.6 is 11.6 Å². The molecule has 2 N–H and O–H groups in total. The van der Waals surface area contributed by atoms with Gasteiger partial charge >= 0.3 is 0 Å². The lowest BCUT2D eigenvalue weighted by molar-refractivity contribution is -0.0799. The summed E-state index contributed by atoms with van der Waals surface area (Å²) in [6.07, 6.45) is 0.402. The van der Waals surface area contributed by atoms with Gasteiger partial charge in [-0.1, -0.05) is 11.6 Å². The molecule has 3 rings (SSSR count). The molecule has 0 spiro atoms. The summed E-state index contributed by atoms with van der Waals surface area (Å²) in [4.78, 5) is 2.35. The molecule has 116 valence electrons. The Labute approximate surface area is 129 Å². The third-order valence-corrected chi connectivity index (χ3v) is 4.23. The van der Waals surface area contributed by atoms with E-state index in [0.717, 1.165) is 18.7 Å². The number of fused-ring (bicyclic) bond motifs is 1. The van der Waals surface area contributed by atoms with E-state index in [1.54, 1.807) is 0 Å². The van der Waals surface area contributed by atoms with Gasteiger partial charge in [0.25, 0.3) is 0 Å². The molecular weight excluding hydrogens is 292 g/mol. The zero-order chi connectivity index (χ0) is 15.0. The van der Waals surface area contributed by atoms with Crippen LogP contribution in [0.1, 0.15) is 25.5 Å². The van der Waals surface area contributed by atoms with Crippen LogP contribution in [-0.2, 0) is 4.74 Å². The molecule has 21 heavy (non-hydrogen) atoms. The molecule has 0 aromatic heterocycles. The summed E-state index contributed by atoms with van der Waals surface area (Å²) < 4.78 is 16.6. The van der Waals surface area contributed by atoms with Crippen molar-refractivity contribution in [2.24, 2.45) is 5.73 Å². The predicted octanol–water partition coefficient (Wildman–Crippen LogP) is 2.18. The molecule has 0 saturated carbocycles. The van der Waals surface area contributed by atoms with E-state index in [2.05, 4.69) is 18.7 Å². The van der Waals surface area contributed by atoms with Crippen LogP contribution in [0.3, 0.4) is 0 Å². The van der Waals surface area contributed by atoms with E-state index in [9.17, 15) is 0 Å². The number of morpholine rings is 1. The van der Waals surface area contributed by atoms with Gasteiger partial charge in [0.15, 0.2) is 11.5 Å². The Balaban J connectivity index is 1.88. The van der Waals surface area contributed by atoms with E-state index in [4.69, 9.17) is 31.5 Å². The molecule has 0 radical (unpaired) electrons. The van der Waals surface area contributed by atoms with Gasteiger partial charge in [0.1, 0.15) is 0 Å². The maximum Gasteiger partial charge on any atom is 0.231 e. The van der Waals surface area contributed by atoms with Crippen molar-refractivity contribution in [2.75, 3.05) is 26.4 Å². The minimum absolute atomic E-state index is 0.103. The minimum Gasteiger partial charge on any atom is -0.454 e. The number of rotatable bonds is 3. The molecule has 3 atom stereocenters. The van der Waals surface area contributed by atoms with E-state index in [0.29, 0.717) is 23.1 Å². The molecule has 0 aliphatic carbocycles. The van der Waals surface area contributed by atoms with Gasteiger partial charge in [-0.2, -0.15) is 0 Å². The maximum absolute atomic E-state index is 6.28. The van der Waals surface area contributed by atoms with Crippen molar-refractivity contribution in [1.82, 2.24) is 4.90 Å². The van der Waals surface area contributed by atoms with Crippen molar-refractivity contribution in [1.29, 1.82) is 0 Å². The Bertz CT molecular complexity index is 516. The highest BCUT2D eigenvalue weighted by molar-refractivity contribution is 6.32. The summed E-state index contributed by atoms with van der Waals surface area (Å²) in [5.74, 6) is 1.32. The van der Waals surface area contributed by atoms with Crippen LogP contribution in [0.5, 0.6) is 11.5 Å². The number of halogens is 1. The third kappa shape index (κ3) is 2.97. The summed E-state index contributed by atoms with van der Waals surface area (Å²) in [6, 6.07) is 4.01. The van der Waals surface area contributed by atoms with E-state index in [-0.39, 0.29) is 25.0 Å². The molecule has 2 heterocycles. The van der Waals surface area contributed by atoms with E-state index < -0.39 is 0 Å². The van der Waals surface area contributed by atoms with Gasteiger partial charge < -0.3 is 19.9 Å². The number of hydrogen-bond donors (Lipinski definition) is 1. The Hall–Kier alpha value is -1.01. The Morgan fingerprint density at radius 1 is 1.29 bits per heavy atom. The van der Waals surface area contributed by atoms with Gasteiger partial charge in [0.2, 0.25) is 6.79 Å². The van der Waals surface area contributed by atoms with Crippen LogP contribution in [0.2, 0.25) is 5.02 Å². The van der Waals surface area contributed by atoms with Gasteiger partial charge in [-0.05, 0) is 31.5 Å². The summed E-state index contributed by atoms with van der Waals surface area (Å²) in [5.41, 5.74) is 7.09. The van der Waals surface area contributed by atoms with Crippen molar-refractivity contribution in [3.8, 4) is 11.5 Å². The van der Waals surface area contributed by atoms with Crippen molar-refractivity contribution >= 4 is 11.6 Å². The largest absolute Gasteiger partial charge is 0.454 e. The third-order valence-electron chi connectivity index (χ3n) is 3.95. The maximum atomic E-state index is 6.28. The standard InChI is InChI=1S/C15H21ClN2O3/c1-9-6-18(7-10(2)21-9)13(5-17)11-3-12(16)15-14(4-11)19-8-20-15/h3-4,9-10,13H,5-8,17H2,1-2H3. The molecule has 0 bridgehead atoms. The Morgan fingerprint density at radius 2 is 2.00 bits per heavy atom. The summed E-state index contributed by atoms with van der Waals surface area (Å²) >= 11 is 6.28. The molecule has 5 nitrogen and oxygen atoms in total. The normalized spacial score (nSPS) is 26.9. The van der Waals surface area contributed by atoms with Crippen molar-refractivity contribution in [3.63, 3.8) is 0 Å². The first-order valence-corrected chi connectivity index (χ1v) is 7.65. The predicted molar refractivity (Wildman–Crippen MR) is 81.0 cm³/mol. The van der Waals surface area contributed by atoms with Crippen molar-refractivity contribution in [3.05, 3.63) is 22.7 Å². The fourth-order valence-corrected chi connectivity index (χ4v) is 3.42. The smallest absolute Gasteiger partial charge is 0.231 e. The van der Waals surface area contributed by atoms with Crippen LogP contribution in [-0.4, -0.2) is 43.5 Å². The second-order valence-electron chi connectivity index (χ2n) is 5.70. The first kappa shape index (κ1) is 14.9. The zero-order valence-electron chi connectivity index (χ0n) is 12.3. The first-order valence-electron chi connectivity index (χ1n) is 7.27. The van der Waals surface area contributed by atoms with Gasteiger partial charge in [0, 0.05) is 25.7 Å². The molecule has 1 fully saturated rings. The SMILES string of the molecule is CC1CN(C(CN)c2cc(Cl)c3c(c2)OCO3)CC(C)O1. The van der Waals surface area contributed by atoms with E-state index >= 15 is 0 Å². The van der Waals surface area contributed by atoms with Crippen LogP contribution in [0, 0.1) is 0 Å². The number of benzene rings is 1. The van der Waals surface area contributed by atoms with Gasteiger partial charge in [-0.3, -0.25) is 4.90 Å². The molecule has 3 unspecified atom stereocenters. The molecule has 1 aromatic rings. The monoisotopic (exact) mass is 312 g/mol. The van der Waals surface area contributed by atoms with Crippen molar-refractivity contribution < 1.29 is 14.2 Å². The molecule has 1 aromatic carbocycles. The molecule has 1 saturated heterocycles. The number of hydrogen-bond acceptors (Lipinski definition) is 5. The van der Waals surface area contributed by atoms with E-state index in [1.165, 1.54) is 0 Å². The van der Waals surface area contributed by atoms with Crippen LogP contribution < -0.4 is 15.2 Å². The number of nitrogens with zero attached hydrogens (tertiary/aromatic N) is 1. The minimum atomic E-state index is 0.103. The number of nitrogens with two attached hydrogens (primary N) is 1. The summed E-state index contributed by atoms with van der Waals surface area (Å²) in [7, 11) is 0. The number of ether oxygens (including phenoxy) is 3. The van der Waals surface area contributed by atoms with Gasteiger partial charge in [-0.25, -0.2) is 0 Å². The first-order chi connectivity index (χ1) is 10.1. The highest BCUT2D eigenvalue weighted by Gasteiger charge is 2.30. The highest BCUT2D eigenvalue weighted by Crippen LogP contribution is 2.41. The lowest BCUT2D eigenvalue weighted by atomic mass is 10.0. The molecule has 6 heteroatoms. The average molecular weight is 313 g/mol. The fraction of sp³-hybridized carbons (Fsp3) is 0.600. The van der Waals surface area contributed by atoms with Crippen molar-refractivity contribution in [2.45, 2.75) is 32.1 Å². The summed E-state index contributed by atoms with van der Waals surface area (Å²) in [6.45, 7) is 6.63. The molecule has 2 aliphatic rings. The Morgan fingerprint density at radius 3 is 2.67 bits per heavy atom. The second-order valence-corrected chi connectivity index (χ2v) is 6.11. The zero-order valence-corrected chi connectivity index (χ0v) is 13.1. The van der Waals surface area contributed by atoms with E-state index in [1.807, 2.05) is 12.1 Å². The molecular formula is C15H21ClN2O3. The topological polar surface area (TPSA) is 57.0 Å². The summed E-state index contributed by atoms with van der Waals surface area (Å²) in [5, 5.41) is 0.577.